The van der Waals surface area contributed by atoms with Crippen LogP contribution in [0.15, 0.2) is 5.11 Å². The van der Waals surface area contributed by atoms with Crippen molar-refractivity contribution in [3.63, 3.8) is 0 Å². The number of carbonyl (C=O) groups excluding carboxylic acids is 3. The van der Waals surface area contributed by atoms with Crippen molar-refractivity contribution in [1.82, 2.24) is 0 Å². The van der Waals surface area contributed by atoms with Crippen molar-refractivity contribution < 1.29 is 33.3 Å². The summed E-state index contributed by atoms with van der Waals surface area (Å²) in [6, 6.07) is -0.855. The Morgan fingerprint density at radius 2 is 1.73 bits per heavy atom. The SMILES string of the molecule is CC(=O)OC[C@H]1OC[C@H](N=[N+]=[N-])[C@@H](OC(C)=O)[C@H]1OC(C)=O. The minimum atomic E-state index is -1.05. The molecular formula is C12H17N3O7. The van der Waals surface area contributed by atoms with Crippen molar-refractivity contribution in [2.45, 2.75) is 45.1 Å². The first-order chi connectivity index (χ1) is 10.3. The third-order valence-corrected chi connectivity index (χ3v) is 2.81. The number of hydrogen-bond donors (Lipinski definition) is 0. The van der Waals surface area contributed by atoms with Gasteiger partial charge in [-0.2, -0.15) is 0 Å². The van der Waals surface area contributed by atoms with Crippen molar-refractivity contribution >= 4 is 17.9 Å². The summed E-state index contributed by atoms with van der Waals surface area (Å²) in [6.07, 6.45) is -2.90. The molecule has 0 radical (unpaired) electrons. The van der Waals surface area contributed by atoms with E-state index in [4.69, 9.17) is 24.5 Å². The van der Waals surface area contributed by atoms with Crippen LogP contribution in [0.5, 0.6) is 0 Å². The fourth-order valence-corrected chi connectivity index (χ4v) is 2.02. The molecule has 0 aliphatic carbocycles. The fourth-order valence-electron chi connectivity index (χ4n) is 2.02. The highest BCUT2D eigenvalue weighted by Crippen LogP contribution is 2.24. The minimum absolute atomic E-state index is 0.0638. The van der Waals surface area contributed by atoms with Crippen molar-refractivity contribution in [1.29, 1.82) is 0 Å². The lowest BCUT2D eigenvalue weighted by molar-refractivity contribution is -0.204. The van der Waals surface area contributed by atoms with Crippen LogP contribution < -0.4 is 0 Å². The second-order valence-corrected chi connectivity index (χ2v) is 4.59. The van der Waals surface area contributed by atoms with Gasteiger partial charge in [0.25, 0.3) is 0 Å². The highest BCUT2D eigenvalue weighted by Gasteiger charge is 2.45. The summed E-state index contributed by atoms with van der Waals surface area (Å²) >= 11 is 0. The first-order valence-electron chi connectivity index (χ1n) is 6.48. The molecule has 1 rings (SSSR count). The topological polar surface area (TPSA) is 137 Å². The molecule has 10 nitrogen and oxygen atoms in total. The highest BCUT2D eigenvalue weighted by molar-refractivity contribution is 5.67. The Kier molecular flexibility index (Phi) is 6.61. The largest absolute Gasteiger partial charge is 0.463 e. The molecule has 1 aliphatic rings. The van der Waals surface area contributed by atoms with Crippen molar-refractivity contribution in [2.75, 3.05) is 13.2 Å². The molecular weight excluding hydrogens is 298 g/mol. The standard InChI is InChI=1S/C12H17N3O7/c1-6(16)19-5-10-12(22-8(3)18)11(21-7(2)17)9(4-20-10)14-15-13/h9-12H,4-5H2,1-3H3/t9-,10+,11+,12-/m0/s1. The smallest absolute Gasteiger partial charge is 0.303 e. The molecule has 1 aliphatic heterocycles. The van der Waals surface area contributed by atoms with Gasteiger partial charge in [0.05, 0.1) is 6.61 Å². The van der Waals surface area contributed by atoms with Crippen LogP contribution >= 0.6 is 0 Å². The molecule has 0 amide bonds. The maximum Gasteiger partial charge on any atom is 0.303 e. The van der Waals surface area contributed by atoms with Crippen LogP contribution in [-0.2, 0) is 33.3 Å². The number of nitrogens with zero attached hydrogens (tertiary/aromatic N) is 3. The fraction of sp³-hybridized carbons (Fsp3) is 0.750. The minimum Gasteiger partial charge on any atom is -0.463 e. The molecule has 0 aromatic heterocycles. The normalized spacial score (nSPS) is 27.2. The highest BCUT2D eigenvalue weighted by atomic mass is 16.6. The van der Waals surface area contributed by atoms with Gasteiger partial charge in [-0.1, -0.05) is 5.11 Å². The molecule has 0 unspecified atom stereocenters. The van der Waals surface area contributed by atoms with E-state index in [2.05, 4.69) is 10.0 Å². The lowest BCUT2D eigenvalue weighted by atomic mass is 9.98. The van der Waals surface area contributed by atoms with E-state index in [1.165, 1.54) is 20.8 Å². The van der Waals surface area contributed by atoms with E-state index in [9.17, 15) is 14.4 Å². The number of hydrogen-bond acceptors (Lipinski definition) is 8. The number of carbonyl (C=O) groups is 3. The lowest BCUT2D eigenvalue weighted by Crippen LogP contribution is -2.57. The monoisotopic (exact) mass is 315 g/mol. The zero-order valence-corrected chi connectivity index (χ0v) is 12.4. The first kappa shape index (κ1) is 17.7. The van der Waals surface area contributed by atoms with Crippen molar-refractivity contribution in [3.05, 3.63) is 10.4 Å². The van der Waals surface area contributed by atoms with Crippen LogP contribution in [0.4, 0.5) is 0 Å². The van der Waals surface area contributed by atoms with E-state index < -0.39 is 42.3 Å². The Balaban J connectivity index is 2.99. The number of esters is 3. The molecule has 0 aromatic rings. The van der Waals surface area contributed by atoms with E-state index >= 15 is 0 Å². The molecule has 1 saturated heterocycles. The van der Waals surface area contributed by atoms with Gasteiger partial charge in [0.2, 0.25) is 0 Å². The predicted molar refractivity (Wildman–Crippen MR) is 70.4 cm³/mol. The van der Waals surface area contributed by atoms with Crippen LogP contribution in [-0.4, -0.2) is 55.5 Å². The Hall–Kier alpha value is -2.32. The molecule has 22 heavy (non-hydrogen) atoms. The van der Waals surface area contributed by atoms with Gasteiger partial charge in [0, 0.05) is 25.7 Å². The van der Waals surface area contributed by atoms with Gasteiger partial charge in [0.15, 0.2) is 12.2 Å². The van der Waals surface area contributed by atoms with Crippen molar-refractivity contribution in [2.24, 2.45) is 5.11 Å². The molecule has 0 aromatic carbocycles. The summed E-state index contributed by atoms with van der Waals surface area (Å²) in [4.78, 5) is 36.1. The maximum absolute atomic E-state index is 11.3. The van der Waals surface area contributed by atoms with Crippen LogP contribution in [0.3, 0.4) is 0 Å². The van der Waals surface area contributed by atoms with Gasteiger partial charge in [0.1, 0.15) is 18.8 Å². The first-order valence-corrected chi connectivity index (χ1v) is 6.48. The molecule has 10 heteroatoms. The third-order valence-electron chi connectivity index (χ3n) is 2.81. The average molecular weight is 315 g/mol. The van der Waals surface area contributed by atoms with Crippen LogP contribution in [0.25, 0.3) is 10.4 Å². The summed E-state index contributed by atoms with van der Waals surface area (Å²) in [5.74, 6) is -1.81. The molecule has 1 heterocycles. The van der Waals surface area contributed by atoms with Gasteiger partial charge in [-0.15, -0.1) is 0 Å². The van der Waals surface area contributed by atoms with Crippen molar-refractivity contribution in [3.8, 4) is 0 Å². The number of azide groups is 1. The summed E-state index contributed by atoms with van der Waals surface area (Å²) in [7, 11) is 0. The zero-order chi connectivity index (χ0) is 16.7. The molecule has 0 N–H and O–H groups in total. The number of ether oxygens (including phenoxy) is 4. The third kappa shape index (κ3) is 5.23. The van der Waals surface area contributed by atoms with Gasteiger partial charge in [-0.3, -0.25) is 14.4 Å². The van der Waals surface area contributed by atoms with E-state index in [-0.39, 0.29) is 13.2 Å². The second kappa shape index (κ2) is 8.20. The predicted octanol–water partition coefficient (Wildman–Crippen LogP) is 0.491. The molecule has 1 fully saturated rings. The quantitative estimate of drug-likeness (QED) is 0.236. The molecule has 0 spiro atoms. The zero-order valence-electron chi connectivity index (χ0n) is 12.4. The Labute approximate surface area is 126 Å². The van der Waals surface area contributed by atoms with Gasteiger partial charge in [-0.25, -0.2) is 0 Å². The maximum atomic E-state index is 11.3. The average Bonchev–Trinajstić information content (AvgIpc) is 2.40. The van der Waals surface area contributed by atoms with Gasteiger partial charge < -0.3 is 18.9 Å². The van der Waals surface area contributed by atoms with Gasteiger partial charge in [-0.05, 0) is 5.53 Å². The van der Waals surface area contributed by atoms with E-state index in [1.807, 2.05) is 0 Å². The molecule has 4 atom stereocenters. The molecule has 0 bridgehead atoms. The Morgan fingerprint density at radius 3 is 2.23 bits per heavy atom. The van der Waals surface area contributed by atoms with Crippen LogP contribution in [0.2, 0.25) is 0 Å². The van der Waals surface area contributed by atoms with E-state index in [0.29, 0.717) is 0 Å². The molecule has 0 saturated carbocycles. The van der Waals surface area contributed by atoms with Crippen LogP contribution in [0.1, 0.15) is 20.8 Å². The van der Waals surface area contributed by atoms with E-state index in [0.717, 1.165) is 0 Å². The summed E-state index contributed by atoms with van der Waals surface area (Å²) < 4.78 is 20.5. The summed E-state index contributed by atoms with van der Waals surface area (Å²) in [6.45, 7) is 3.31. The Morgan fingerprint density at radius 1 is 1.14 bits per heavy atom. The summed E-state index contributed by atoms with van der Waals surface area (Å²) in [5.41, 5.74) is 8.57. The summed E-state index contributed by atoms with van der Waals surface area (Å²) in [5, 5.41) is 3.48. The molecule has 122 valence electrons. The second-order valence-electron chi connectivity index (χ2n) is 4.59. The number of rotatable bonds is 5. The van der Waals surface area contributed by atoms with Gasteiger partial charge >= 0.3 is 17.9 Å². The van der Waals surface area contributed by atoms with E-state index in [1.54, 1.807) is 0 Å². The van der Waals surface area contributed by atoms with Crippen LogP contribution in [0, 0.1) is 0 Å². The lowest BCUT2D eigenvalue weighted by Gasteiger charge is -2.39. The Bertz CT molecular complexity index is 489.